The molecule has 1 aliphatic rings. The third kappa shape index (κ3) is 2.87. The van der Waals surface area contributed by atoms with Crippen LogP contribution in [0.2, 0.25) is 0 Å². The number of carbonyl (C=O) groups is 1. The molecule has 0 aromatic carbocycles. The monoisotopic (exact) mass is 334 g/mol. The summed E-state index contributed by atoms with van der Waals surface area (Å²) in [5, 5.41) is 14.8. The van der Waals surface area contributed by atoms with E-state index in [1.165, 1.54) is 0 Å². The van der Waals surface area contributed by atoms with E-state index in [4.69, 9.17) is 5.26 Å². The highest BCUT2D eigenvalue weighted by Crippen LogP contribution is 2.31. The predicted octanol–water partition coefficient (Wildman–Crippen LogP) is 2.11. The maximum atomic E-state index is 11.7. The molecule has 1 aliphatic heterocycles. The first-order valence-electron chi connectivity index (χ1n) is 8.38. The van der Waals surface area contributed by atoms with Crippen molar-refractivity contribution in [3.63, 3.8) is 0 Å². The average Bonchev–Trinajstić information content (AvgIpc) is 3.10. The van der Waals surface area contributed by atoms with E-state index >= 15 is 0 Å². The Morgan fingerprint density at radius 2 is 2.36 bits per heavy atom. The van der Waals surface area contributed by atoms with Gasteiger partial charge in [0.15, 0.2) is 0 Å². The molecule has 25 heavy (non-hydrogen) atoms. The zero-order chi connectivity index (χ0) is 17.2. The van der Waals surface area contributed by atoms with Crippen LogP contribution in [0, 0.1) is 11.3 Å². The molecule has 126 valence electrons. The Balaban J connectivity index is 1.68. The molecule has 1 atom stereocenters. The summed E-state index contributed by atoms with van der Waals surface area (Å²) in [5.41, 5.74) is 0.845. The van der Waals surface area contributed by atoms with Crippen LogP contribution in [0.4, 0.5) is 5.82 Å². The van der Waals surface area contributed by atoms with Gasteiger partial charge in [0.1, 0.15) is 17.9 Å². The van der Waals surface area contributed by atoms with E-state index in [2.05, 4.69) is 25.2 Å². The minimum Gasteiger partial charge on any atom is -0.354 e. The lowest BCUT2D eigenvalue weighted by Gasteiger charge is -2.34. The van der Waals surface area contributed by atoms with Crippen LogP contribution >= 0.6 is 0 Å². The minimum absolute atomic E-state index is 0.0372. The van der Waals surface area contributed by atoms with Gasteiger partial charge in [-0.2, -0.15) is 5.26 Å². The van der Waals surface area contributed by atoms with E-state index in [1.807, 2.05) is 30.6 Å². The number of nitrogens with zero attached hydrogens (tertiary/aromatic N) is 4. The van der Waals surface area contributed by atoms with Crippen LogP contribution in [0.15, 0.2) is 30.7 Å². The second-order valence-corrected chi connectivity index (χ2v) is 6.28. The van der Waals surface area contributed by atoms with Crippen molar-refractivity contribution in [1.29, 1.82) is 5.26 Å². The van der Waals surface area contributed by atoms with Crippen molar-refractivity contribution < 1.29 is 4.79 Å². The number of H-pyrrole nitrogens is 1. The van der Waals surface area contributed by atoms with Gasteiger partial charge in [0.05, 0.1) is 6.07 Å². The van der Waals surface area contributed by atoms with E-state index in [0.29, 0.717) is 6.54 Å². The van der Waals surface area contributed by atoms with Crippen molar-refractivity contribution in [2.45, 2.75) is 25.3 Å². The third-order valence-electron chi connectivity index (χ3n) is 4.62. The summed E-state index contributed by atoms with van der Waals surface area (Å²) in [7, 11) is 0. The topological polar surface area (TPSA) is 97.7 Å². The molecule has 4 rings (SSSR count). The molecule has 1 fully saturated rings. The molecule has 0 saturated carbocycles. The van der Waals surface area contributed by atoms with Gasteiger partial charge in [-0.3, -0.25) is 4.79 Å². The van der Waals surface area contributed by atoms with Gasteiger partial charge in [-0.15, -0.1) is 0 Å². The zero-order valence-corrected chi connectivity index (χ0v) is 13.7. The van der Waals surface area contributed by atoms with Crippen LogP contribution in [-0.2, 0) is 4.79 Å². The van der Waals surface area contributed by atoms with Crippen LogP contribution in [0.1, 0.15) is 19.3 Å². The third-order valence-corrected chi connectivity index (χ3v) is 4.62. The molecular weight excluding hydrogens is 316 g/mol. The second-order valence-electron chi connectivity index (χ2n) is 6.28. The lowest BCUT2D eigenvalue weighted by molar-refractivity contribution is -0.120. The molecule has 2 N–H and O–H groups in total. The number of aromatic nitrogens is 3. The van der Waals surface area contributed by atoms with Gasteiger partial charge in [0.2, 0.25) is 5.91 Å². The Kier molecular flexibility index (Phi) is 3.94. The molecule has 7 heteroatoms. The molecule has 1 amide bonds. The number of hydrogen-bond donors (Lipinski definition) is 2. The lowest BCUT2D eigenvalue weighted by atomic mass is 10.0. The number of piperidine rings is 1. The predicted molar refractivity (Wildman–Crippen MR) is 95.0 cm³/mol. The number of carbonyl (C=O) groups excluding carboxylic acids is 1. The van der Waals surface area contributed by atoms with Crippen LogP contribution in [0.25, 0.3) is 21.8 Å². The number of hydrogen-bond acceptors (Lipinski definition) is 5. The van der Waals surface area contributed by atoms with Crippen molar-refractivity contribution >= 4 is 33.5 Å². The van der Waals surface area contributed by atoms with Crippen molar-refractivity contribution in [2.75, 3.05) is 18.0 Å². The molecule has 3 aromatic rings. The second kappa shape index (κ2) is 6.40. The first kappa shape index (κ1) is 15.4. The van der Waals surface area contributed by atoms with E-state index in [1.54, 1.807) is 6.20 Å². The maximum Gasteiger partial charge on any atom is 0.234 e. The number of amides is 1. The first-order valence-corrected chi connectivity index (χ1v) is 8.38. The summed E-state index contributed by atoms with van der Waals surface area (Å²) in [6.07, 6.45) is 7.33. The summed E-state index contributed by atoms with van der Waals surface area (Å²) < 4.78 is 0. The van der Waals surface area contributed by atoms with E-state index in [-0.39, 0.29) is 18.4 Å². The standard InChI is InChI=1S/C18H18N6O/c19-6-3-15(25)23-13-2-1-9-24(11-13)18-16-12(4-7-21-18)10-22-17-14(16)5-8-20-17/h4-5,7-8,10,13H,1-3,9,11H2,(H,20,22)(H,23,25). The number of aromatic amines is 1. The molecule has 0 radical (unpaired) electrons. The van der Waals surface area contributed by atoms with Gasteiger partial charge in [-0.1, -0.05) is 0 Å². The van der Waals surface area contributed by atoms with E-state index in [9.17, 15) is 4.79 Å². The highest BCUT2D eigenvalue weighted by molar-refractivity contribution is 6.10. The smallest absolute Gasteiger partial charge is 0.234 e. The molecular formula is C18H18N6O. The molecule has 1 saturated heterocycles. The number of anilines is 1. The fourth-order valence-electron chi connectivity index (χ4n) is 3.53. The van der Waals surface area contributed by atoms with Gasteiger partial charge in [0, 0.05) is 53.9 Å². The van der Waals surface area contributed by atoms with Crippen LogP contribution in [0.5, 0.6) is 0 Å². The average molecular weight is 334 g/mol. The fraction of sp³-hybridized carbons (Fsp3) is 0.333. The summed E-state index contributed by atoms with van der Waals surface area (Å²) in [6, 6.07) is 5.92. The zero-order valence-electron chi connectivity index (χ0n) is 13.7. The number of rotatable bonds is 3. The Morgan fingerprint density at radius 3 is 3.24 bits per heavy atom. The maximum absolute atomic E-state index is 11.7. The van der Waals surface area contributed by atoms with Crippen molar-refractivity contribution in [1.82, 2.24) is 20.3 Å². The first-order chi connectivity index (χ1) is 12.3. The SMILES string of the molecule is N#CCC(=O)NC1CCCN(c2nccc3cnc4[nH]ccc4c23)C1. The Morgan fingerprint density at radius 1 is 1.44 bits per heavy atom. The highest BCUT2D eigenvalue weighted by Gasteiger charge is 2.24. The fourth-order valence-corrected chi connectivity index (χ4v) is 3.53. The summed E-state index contributed by atoms with van der Waals surface area (Å²) in [4.78, 5) is 26.2. The largest absolute Gasteiger partial charge is 0.354 e. The van der Waals surface area contributed by atoms with Gasteiger partial charge in [-0.25, -0.2) is 9.97 Å². The summed E-state index contributed by atoms with van der Waals surface area (Å²) in [5.74, 6) is 0.709. The van der Waals surface area contributed by atoms with Crippen LogP contribution in [-0.4, -0.2) is 40.0 Å². The van der Waals surface area contributed by atoms with E-state index in [0.717, 1.165) is 47.0 Å². The lowest BCUT2D eigenvalue weighted by Crippen LogP contribution is -2.48. The number of nitriles is 1. The molecule has 4 heterocycles. The number of pyridine rings is 2. The van der Waals surface area contributed by atoms with Gasteiger partial charge < -0.3 is 15.2 Å². The van der Waals surface area contributed by atoms with Gasteiger partial charge in [0.25, 0.3) is 0 Å². The Bertz CT molecular complexity index is 973. The highest BCUT2D eigenvalue weighted by atomic mass is 16.1. The number of nitrogens with one attached hydrogen (secondary N) is 2. The van der Waals surface area contributed by atoms with Gasteiger partial charge >= 0.3 is 0 Å². The summed E-state index contributed by atoms with van der Waals surface area (Å²) in [6.45, 7) is 1.59. The Labute approximate surface area is 144 Å². The molecule has 0 spiro atoms. The van der Waals surface area contributed by atoms with E-state index < -0.39 is 0 Å². The number of fused-ring (bicyclic) bond motifs is 3. The normalized spacial score (nSPS) is 17.6. The molecule has 0 aliphatic carbocycles. The van der Waals surface area contributed by atoms with Crippen molar-refractivity contribution in [3.8, 4) is 6.07 Å². The Hall–Kier alpha value is -3.14. The van der Waals surface area contributed by atoms with Crippen molar-refractivity contribution in [3.05, 3.63) is 30.7 Å². The molecule has 7 nitrogen and oxygen atoms in total. The quantitative estimate of drug-likeness (QED) is 0.764. The van der Waals surface area contributed by atoms with Crippen LogP contribution in [0.3, 0.4) is 0 Å². The molecule has 1 unspecified atom stereocenters. The summed E-state index contributed by atoms with van der Waals surface area (Å²) >= 11 is 0. The van der Waals surface area contributed by atoms with Crippen molar-refractivity contribution in [2.24, 2.45) is 0 Å². The van der Waals surface area contributed by atoms with Gasteiger partial charge in [-0.05, 0) is 25.0 Å². The molecule has 0 bridgehead atoms. The minimum atomic E-state index is -0.211. The molecule has 3 aromatic heterocycles. The van der Waals surface area contributed by atoms with Crippen LogP contribution < -0.4 is 10.2 Å².